The smallest absolute Gasteiger partial charge is 0.159 e. The zero-order valence-electron chi connectivity index (χ0n) is 16.1. The molecule has 8 heteroatoms. The molecule has 0 saturated heterocycles. The van der Waals surface area contributed by atoms with Gasteiger partial charge in [0.15, 0.2) is 11.5 Å². The number of aromatic nitrogens is 7. The van der Waals surface area contributed by atoms with E-state index in [4.69, 9.17) is 4.98 Å². The summed E-state index contributed by atoms with van der Waals surface area (Å²) in [6.07, 6.45) is 10.4. The molecule has 0 saturated carbocycles. The molecule has 0 amide bonds. The van der Waals surface area contributed by atoms with Crippen LogP contribution < -0.4 is 5.32 Å². The SMILES string of the molecule is C1=C(c2cnc3[nH]nc(-c4nc5c(-c6cccnc6)nccc5[nH]4)c3c2)CCNC1. The Morgan fingerprint density at radius 2 is 1.97 bits per heavy atom. The molecule has 0 radical (unpaired) electrons. The number of nitrogens with one attached hydrogen (secondary N) is 3. The summed E-state index contributed by atoms with van der Waals surface area (Å²) in [7, 11) is 0. The third-order valence-corrected chi connectivity index (χ3v) is 5.41. The number of nitrogens with zero attached hydrogens (tertiary/aromatic N) is 5. The van der Waals surface area contributed by atoms with Crippen molar-refractivity contribution in [1.29, 1.82) is 0 Å². The Hall–Kier alpha value is -3.91. The number of hydrogen-bond acceptors (Lipinski definition) is 6. The van der Waals surface area contributed by atoms with E-state index in [0.717, 1.165) is 64.1 Å². The first-order valence-electron chi connectivity index (χ1n) is 9.86. The average Bonchev–Trinajstić information content (AvgIpc) is 3.43. The normalized spacial score (nSPS) is 14.3. The molecule has 30 heavy (non-hydrogen) atoms. The van der Waals surface area contributed by atoms with Crippen LogP contribution in [0.15, 0.2) is 55.1 Å². The second kappa shape index (κ2) is 6.85. The van der Waals surface area contributed by atoms with Crippen molar-refractivity contribution in [2.75, 3.05) is 13.1 Å². The van der Waals surface area contributed by atoms with Crippen LogP contribution in [-0.4, -0.2) is 48.2 Å². The van der Waals surface area contributed by atoms with Crippen molar-refractivity contribution in [3.05, 3.63) is 60.7 Å². The number of H-pyrrole nitrogens is 2. The maximum absolute atomic E-state index is 4.84. The molecular weight excluding hydrogens is 376 g/mol. The molecule has 0 fully saturated rings. The van der Waals surface area contributed by atoms with E-state index in [2.05, 4.69) is 47.6 Å². The van der Waals surface area contributed by atoms with Crippen molar-refractivity contribution in [2.24, 2.45) is 0 Å². The Balaban J connectivity index is 1.50. The predicted molar refractivity (Wildman–Crippen MR) is 115 cm³/mol. The van der Waals surface area contributed by atoms with Crippen molar-refractivity contribution in [1.82, 2.24) is 40.4 Å². The van der Waals surface area contributed by atoms with Crippen molar-refractivity contribution in [3.8, 4) is 22.8 Å². The van der Waals surface area contributed by atoms with Crippen molar-refractivity contribution >= 4 is 27.6 Å². The summed E-state index contributed by atoms with van der Waals surface area (Å²) in [6.45, 7) is 1.87. The standard InChI is InChI=1S/C22H18N8/c1-2-14(11-24-6-1)18-20-17(5-9-25-18)27-22(28-20)19-16-10-15(12-26-21(16)30-29-19)13-3-7-23-8-4-13/h1-3,5-6,9-12,23H,4,7-8H2,(H,27,28)(H,26,29,30). The van der Waals surface area contributed by atoms with E-state index >= 15 is 0 Å². The Bertz CT molecular complexity index is 1400. The minimum atomic E-state index is 0.688. The van der Waals surface area contributed by atoms with Crippen LogP contribution in [-0.2, 0) is 0 Å². The molecule has 5 aromatic heterocycles. The minimum Gasteiger partial charge on any atom is -0.336 e. The molecule has 8 nitrogen and oxygen atoms in total. The van der Waals surface area contributed by atoms with Crippen LogP contribution in [0.5, 0.6) is 0 Å². The highest BCUT2D eigenvalue weighted by Crippen LogP contribution is 2.31. The quantitative estimate of drug-likeness (QED) is 0.433. The van der Waals surface area contributed by atoms with Gasteiger partial charge < -0.3 is 10.3 Å². The van der Waals surface area contributed by atoms with Crippen LogP contribution in [0.25, 0.3) is 50.4 Å². The van der Waals surface area contributed by atoms with Gasteiger partial charge in [-0.2, -0.15) is 5.10 Å². The molecule has 6 rings (SSSR count). The summed E-state index contributed by atoms with van der Waals surface area (Å²) in [6, 6.07) is 7.94. The van der Waals surface area contributed by atoms with Crippen molar-refractivity contribution in [3.63, 3.8) is 0 Å². The fourth-order valence-electron chi connectivity index (χ4n) is 3.91. The summed E-state index contributed by atoms with van der Waals surface area (Å²) in [4.78, 5) is 21.6. The zero-order chi connectivity index (χ0) is 19.9. The van der Waals surface area contributed by atoms with Gasteiger partial charge in [0.2, 0.25) is 0 Å². The summed E-state index contributed by atoms with van der Waals surface area (Å²) >= 11 is 0. The number of pyridine rings is 3. The van der Waals surface area contributed by atoms with Gasteiger partial charge in [0.1, 0.15) is 11.2 Å². The van der Waals surface area contributed by atoms with E-state index in [1.807, 2.05) is 24.4 Å². The molecule has 0 bridgehead atoms. The molecular formula is C22H18N8. The van der Waals surface area contributed by atoms with E-state index in [-0.39, 0.29) is 0 Å². The Morgan fingerprint density at radius 1 is 0.967 bits per heavy atom. The summed E-state index contributed by atoms with van der Waals surface area (Å²) < 4.78 is 0. The average molecular weight is 394 g/mol. The number of rotatable bonds is 3. The van der Waals surface area contributed by atoms with Crippen LogP contribution in [0.4, 0.5) is 0 Å². The van der Waals surface area contributed by atoms with Crippen LogP contribution in [0.2, 0.25) is 0 Å². The molecule has 1 aliphatic heterocycles. The molecule has 6 heterocycles. The predicted octanol–water partition coefficient (Wildman–Crippen LogP) is 3.33. The third-order valence-electron chi connectivity index (χ3n) is 5.41. The second-order valence-corrected chi connectivity index (χ2v) is 7.26. The lowest BCUT2D eigenvalue weighted by molar-refractivity contribution is 0.738. The van der Waals surface area contributed by atoms with Gasteiger partial charge in [-0.05, 0) is 48.4 Å². The summed E-state index contributed by atoms with van der Waals surface area (Å²) in [5.74, 6) is 0.688. The van der Waals surface area contributed by atoms with E-state index in [0.29, 0.717) is 5.82 Å². The van der Waals surface area contributed by atoms with Gasteiger partial charge in [0.05, 0.1) is 16.6 Å². The van der Waals surface area contributed by atoms with E-state index in [9.17, 15) is 0 Å². The molecule has 5 aromatic rings. The lowest BCUT2D eigenvalue weighted by Crippen LogP contribution is -2.20. The summed E-state index contributed by atoms with van der Waals surface area (Å²) in [5, 5.41) is 11.8. The van der Waals surface area contributed by atoms with Crippen LogP contribution >= 0.6 is 0 Å². The molecule has 146 valence electrons. The first kappa shape index (κ1) is 17.0. The van der Waals surface area contributed by atoms with Crippen molar-refractivity contribution in [2.45, 2.75) is 6.42 Å². The van der Waals surface area contributed by atoms with Crippen LogP contribution in [0.1, 0.15) is 12.0 Å². The largest absolute Gasteiger partial charge is 0.336 e. The molecule has 3 N–H and O–H groups in total. The summed E-state index contributed by atoms with van der Waals surface area (Å²) in [5.41, 5.74) is 7.35. The third kappa shape index (κ3) is 2.77. The number of imidazole rings is 1. The fourth-order valence-corrected chi connectivity index (χ4v) is 3.91. The van der Waals surface area contributed by atoms with Gasteiger partial charge in [-0.15, -0.1) is 0 Å². The fraction of sp³-hybridized carbons (Fsp3) is 0.136. The Labute approximate surface area is 171 Å². The lowest BCUT2D eigenvalue weighted by Gasteiger charge is -2.13. The van der Waals surface area contributed by atoms with Gasteiger partial charge in [-0.1, -0.05) is 6.08 Å². The monoisotopic (exact) mass is 394 g/mol. The van der Waals surface area contributed by atoms with Gasteiger partial charge >= 0.3 is 0 Å². The van der Waals surface area contributed by atoms with E-state index < -0.39 is 0 Å². The van der Waals surface area contributed by atoms with Crippen LogP contribution in [0, 0.1) is 0 Å². The molecule has 0 spiro atoms. The number of fused-ring (bicyclic) bond motifs is 2. The van der Waals surface area contributed by atoms with Gasteiger partial charge in [-0.3, -0.25) is 15.1 Å². The molecule has 0 atom stereocenters. The highest BCUT2D eigenvalue weighted by molar-refractivity contribution is 5.95. The lowest BCUT2D eigenvalue weighted by atomic mass is 10.0. The minimum absolute atomic E-state index is 0.688. The highest BCUT2D eigenvalue weighted by atomic mass is 15.2. The van der Waals surface area contributed by atoms with Gasteiger partial charge in [0.25, 0.3) is 0 Å². The molecule has 1 aliphatic rings. The van der Waals surface area contributed by atoms with E-state index in [1.54, 1.807) is 18.6 Å². The zero-order valence-corrected chi connectivity index (χ0v) is 16.1. The Kier molecular flexibility index (Phi) is 3.88. The maximum Gasteiger partial charge on any atom is 0.159 e. The molecule has 0 unspecified atom stereocenters. The van der Waals surface area contributed by atoms with Gasteiger partial charge in [-0.25, -0.2) is 9.97 Å². The van der Waals surface area contributed by atoms with E-state index in [1.165, 1.54) is 5.57 Å². The number of hydrogen-bond donors (Lipinski definition) is 3. The topological polar surface area (TPSA) is 108 Å². The molecule has 0 aromatic carbocycles. The molecule has 0 aliphatic carbocycles. The van der Waals surface area contributed by atoms with Gasteiger partial charge in [0, 0.05) is 36.9 Å². The van der Waals surface area contributed by atoms with Crippen molar-refractivity contribution < 1.29 is 0 Å². The first-order chi connectivity index (χ1) is 14.9. The second-order valence-electron chi connectivity index (χ2n) is 7.26. The number of aromatic amines is 2. The highest BCUT2D eigenvalue weighted by Gasteiger charge is 2.17. The Morgan fingerprint density at radius 3 is 2.83 bits per heavy atom. The maximum atomic E-state index is 4.84. The van der Waals surface area contributed by atoms with Crippen LogP contribution in [0.3, 0.4) is 0 Å². The first-order valence-corrected chi connectivity index (χ1v) is 9.86.